The standard InChI is InChI=1S/C27H33NO12/c1-13-4-5-15(12-29)22-21(13)26-8-9-28(3)14(2)27(26,37)7-6-17(23(26)40-22)38-20(32)11-18(25(35)36)39-19(31)10-16(30)24(33)34/h4-6,14,16,18,23,29-30,37H,7-12H2,1-3H3,(H,33,34)(H,35,36)/t14-,16+,18+,23+,26+,27-/m1/s1. The van der Waals surface area contributed by atoms with E-state index in [-0.39, 0.29) is 24.8 Å². The number of piperidine rings is 1. The number of esters is 2. The first-order valence-electron chi connectivity index (χ1n) is 12.8. The molecule has 1 saturated heterocycles. The number of aryl methyl sites for hydroxylation is 1. The van der Waals surface area contributed by atoms with Crippen LogP contribution in [-0.2, 0) is 40.7 Å². The van der Waals surface area contributed by atoms with Gasteiger partial charge >= 0.3 is 23.9 Å². The summed E-state index contributed by atoms with van der Waals surface area (Å²) in [7, 11) is 1.90. The molecule has 0 bridgehead atoms. The first kappa shape index (κ1) is 29.5. The molecule has 218 valence electrons. The number of nitrogens with zero attached hydrogens (tertiary/aromatic N) is 1. The van der Waals surface area contributed by atoms with Crippen molar-refractivity contribution in [2.45, 2.75) is 81.5 Å². The molecule has 3 aliphatic rings. The van der Waals surface area contributed by atoms with Crippen molar-refractivity contribution in [3.8, 4) is 5.75 Å². The summed E-state index contributed by atoms with van der Waals surface area (Å²) in [6.45, 7) is 4.05. The molecule has 1 aliphatic carbocycles. The minimum Gasteiger partial charge on any atom is -0.481 e. The average Bonchev–Trinajstić information content (AvgIpc) is 3.25. The maximum absolute atomic E-state index is 12.9. The van der Waals surface area contributed by atoms with Crippen LogP contribution in [0.1, 0.15) is 49.3 Å². The summed E-state index contributed by atoms with van der Waals surface area (Å²) in [4.78, 5) is 49.3. The zero-order valence-corrected chi connectivity index (χ0v) is 22.3. The lowest BCUT2D eigenvalue weighted by molar-refractivity contribution is -0.172. The van der Waals surface area contributed by atoms with Gasteiger partial charge in [-0.05, 0) is 45.5 Å². The summed E-state index contributed by atoms with van der Waals surface area (Å²) in [6, 6.07) is 3.24. The Hall–Kier alpha value is -3.52. The Morgan fingerprint density at radius 1 is 1.15 bits per heavy atom. The lowest BCUT2D eigenvalue weighted by Gasteiger charge is -2.58. The predicted molar refractivity (Wildman–Crippen MR) is 134 cm³/mol. The van der Waals surface area contributed by atoms with Crippen molar-refractivity contribution in [1.29, 1.82) is 0 Å². The Morgan fingerprint density at radius 2 is 1.85 bits per heavy atom. The number of aliphatic hydroxyl groups excluding tert-OH is 2. The molecular weight excluding hydrogens is 530 g/mol. The minimum atomic E-state index is -2.10. The van der Waals surface area contributed by atoms with Gasteiger partial charge in [-0.15, -0.1) is 0 Å². The zero-order chi connectivity index (χ0) is 29.6. The molecule has 13 heteroatoms. The Bertz CT molecular complexity index is 1260. The van der Waals surface area contributed by atoms with Crippen molar-refractivity contribution < 1.29 is 58.9 Å². The van der Waals surface area contributed by atoms with Crippen LogP contribution in [0.4, 0.5) is 0 Å². The first-order chi connectivity index (χ1) is 18.8. The molecule has 0 unspecified atom stereocenters. The van der Waals surface area contributed by atoms with Crippen molar-refractivity contribution in [2.24, 2.45) is 0 Å². The number of fused-ring (bicyclic) bond motifs is 1. The number of aliphatic hydroxyl groups is 3. The Morgan fingerprint density at radius 3 is 2.48 bits per heavy atom. The molecule has 1 aromatic carbocycles. The largest absolute Gasteiger partial charge is 0.481 e. The maximum Gasteiger partial charge on any atom is 0.345 e. The predicted octanol–water partition coefficient (Wildman–Crippen LogP) is -0.00588. The number of ether oxygens (including phenoxy) is 3. The number of carboxylic acids is 2. The van der Waals surface area contributed by atoms with E-state index in [2.05, 4.69) is 0 Å². The van der Waals surface area contributed by atoms with Crippen LogP contribution in [0, 0.1) is 6.92 Å². The molecule has 0 aromatic heterocycles. The third kappa shape index (κ3) is 4.72. The van der Waals surface area contributed by atoms with E-state index in [4.69, 9.17) is 19.3 Å². The summed E-state index contributed by atoms with van der Waals surface area (Å²) in [5, 5.41) is 49.7. The van der Waals surface area contributed by atoms with Gasteiger partial charge in [0.25, 0.3) is 0 Å². The van der Waals surface area contributed by atoms with E-state index in [0.717, 1.165) is 11.1 Å². The second-order valence-corrected chi connectivity index (χ2v) is 10.6. The molecule has 1 fully saturated rings. The van der Waals surface area contributed by atoms with Crippen molar-refractivity contribution in [2.75, 3.05) is 13.6 Å². The second kappa shape index (κ2) is 10.8. The van der Waals surface area contributed by atoms with Crippen LogP contribution in [0.5, 0.6) is 5.75 Å². The number of carboxylic acid groups (broad SMARTS) is 2. The van der Waals surface area contributed by atoms with Gasteiger partial charge in [-0.2, -0.15) is 0 Å². The first-order valence-corrected chi connectivity index (χ1v) is 12.8. The van der Waals surface area contributed by atoms with Crippen molar-refractivity contribution in [3.05, 3.63) is 40.7 Å². The highest BCUT2D eigenvalue weighted by molar-refractivity contribution is 5.85. The summed E-state index contributed by atoms with van der Waals surface area (Å²) < 4.78 is 16.7. The number of aliphatic carboxylic acids is 2. The topological polar surface area (TPSA) is 200 Å². The molecule has 1 spiro atoms. The fourth-order valence-corrected chi connectivity index (χ4v) is 6.15. The SMILES string of the molecule is Cc1ccc(CO)c2c1[C@]13CCN(C)[C@H](C)[C@]1(O)CC=C(OC(=O)C[C@H](OC(=O)C[C@H](O)C(=O)O)C(=O)O)[C@@H]3O2. The number of benzene rings is 1. The van der Waals surface area contributed by atoms with E-state index in [1.807, 2.05) is 31.9 Å². The van der Waals surface area contributed by atoms with Crippen LogP contribution in [0.3, 0.4) is 0 Å². The van der Waals surface area contributed by atoms with Crippen LogP contribution in [0.2, 0.25) is 0 Å². The van der Waals surface area contributed by atoms with Crippen LogP contribution >= 0.6 is 0 Å². The quantitative estimate of drug-likeness (QED) is 0.252. The van der Waals surface area contributed by atoms with Crippen molar-refractivity contribution in [1.82, 2.24) is 4.90 Å². The Balaban J connectivity index is 1.63. The van der Waals surface area contributed by atoms with Crippen molar-refractivity contribution in [3.63, 3.8) is 0 Å². The molecule has 13 nitrogen and oxygen atoms in total. The summed E-state index contributed by atoms with van der Waals surface area (Å²) in [5.74, 6) is -5.29. The molecule has 2 aliphatic heterocycles. The molecule has 0 amide bonds. The highest BCUT2D eigenvalue weighted by Gasteiger charge is 2.69. The fraction of sp³-hybridized carbons (Fsp3) is 0.556. The number of rotatable bonds is 9. The Kier molecular flexibility index (Phi) is 7.96. The van der Waals surface area contributed by atoms with Gasteiger partial charge in [-0.25, -0.2) is 9.59 Å². The third-order valence-corrected chi connectivity index (χ3v) is 8.38. The van der Waals surface area contributed by atoms with Crippen LogP contribution in [0.15, 0.2) is 24.0 Å². The monoisotopic (exact) mass is 563 g/mol. The lowest BCUT2D eigenvalue weighted by atomic mass is 9.54. The lowest BCUT2D eigenvalue weighted by Crippen LogP contribution is -2.71. The van der Waals surface area contributed by atoms with E-state index >= 15 is 0 Å². The molecule has 6 atom stereocenters. The van der Waals surface area contributed by atoms with E-state index in [1.54, 1.807) is 6.07 Å². The number of hydrogen-bond acceptors (Lipinski definition) is 11. The number of carbonyl (C=O) groups excluding carboxylic acids is 2. The van der Waals surface area contributed by atoms with E-state index in [1.165, 1.54) is 6.08 Å². The van der Waals surface area contributed by atoms with E-state index in [0.29, 0.717) is 24.3 Å². The van der Waals surface area contributed by atoms with Gasteiger partial charge in [-0.1, -0.05) is 12.1 Å². The van der Waals surface area contributed by atoms with Crippen LogP contribution in [0.25, 0.3) is 0 Å². The molecule has 2 heterocycles. The fourth-order valence-electron chi connectivity index (χ4n) is 6.15. The van der Waals surface area contributed by atoms with Gasteiger partial charge in [0, 0.05) is 23.6 Å². The zero-order valence-electron chi connectivity index (χ0n) is 22.3. The molecule has 0 radical (unpaired) electrons. The number of likely N-dealkylation sites (N-methyl/N-ethyl adjacent to an activating group) is 1. The summed E-state index contributed by atoms with van der Waals surface area (Å²) >= 11 is 0. The van der Waals surface area contributed by atoms with Gasteiger partial charge in [-0.3, -0.25) is 9.59 Å². The molecule has 40 heavy (non-hydrogen) atoms. The van der Waals surface area contributed by atoms with Gasteiger partial charge in [0.05, 0.1) is 30.5 Å². The summed E-state index contributed by atoms with van der Waals surface area (Å²) in [6.07, 6.45) is -4.91. The molecule has 5 N–H and O–H groups in total. The van der Waals surface area contributed by atoms with Crippen LogP contribution < -0.4 is 4.74 Å². The molecule has 1 aromatic rings. The normalized spacial score (nSPS) is 28.6. The number of likely N-dealkylation sites (tertiary alicyclic amines) is 1. The van der Waals surface area contributed by atoms with E-state index in [9.17, 15) is 39.6 Å². The van der Waals surface area contributed by atoms with E-state index < -0.39 is 66.0 Å². The Labute approximate surface area is 229 Å². The van der Waals surface area contributed by atoms with Crippen LogP contribution in [-0.4, -0.2) is 97.9 Å². The molecule has 0 saturated carbocycles. The molecular formula is C27H33NO12. The minimum absolute atomic E-state index is 0.0580. The van der Waals surface area contributed by atoms with Gasteiger partial charge < -0.3 is 44.6 Å². The number of carbonyl (C=O) groups is 4. The second-order valence-electron chi connectivity index (χ2n) is 10.6. The molecule has 4 rings (SSSR count). The highest BCUT2D eigenvalue weighted by Crippen LogP contribution is 2.61. The average molecular weight is 564 g/mol. The number of hydrogen-bond donors (Lipinski definition) is 5. The van der Waals surface area contributed by atoms with Gasteiger partial charge in [0.15, 0.2) is 12.2 Å². The van der Waals surface area contributed by atoms with Crippen molar-refractivity contribution >= 4 is 23.9 Å². The highest BCUT2D eigenvalue weighted by atomic mass is 16.6. The van der Waals surface area contributed by atoms with Gasteiger partial charge in [0.2, 0.25) is 6.10 Å². The third-order valence-electron chi connectivity index (χ3n) is 8.38. The van der Waals surface area contributed by atoms with Gasteiger partial charge in [0.1, 0.15) is 11.5 Å². The summed E-state index contributed by atoms with van der Waals surface area (Å²) in [5.41, 5.74) is -0.319. The smallest absolute Gasteiger partial charge is 0.345 e. The maximum atomic E-state index is 12.9.